The highest BCUT2D eigenvalue weighted by Gasteiger charge is 2.50. The molecule has 1 fully saturated rings. The van der Waals surface area contributed by atoms with Gasteiger partial charge in [-0.05, 0) is 24.7 Å². The zero-order valence-corrected chi connectivity index (χ0v) is 14.5. The minimum Gasteiger partial charge on any atom is -0.329 e. The first kappa shape index (κ1) is 17.9. The minimum absolute atomic E-state index is 0.308. The Bertz CT molecular complexity index is 396. The third-order valence-corrected chi connectivity index (χ3v) is 6.05. The molecule has 0 aromatic heterocycles. The monoisotopic (exact) mass is 304 g/mol. The van der Waals surface area contributed by atoms with E-state index in [4.69, 9.17) is 5.73 Å². The normalized spacial score (nSPS) is 27.9. The van der Waals surface area contributed by atoms with Gasteiger partial charge in [-0.25, -0.2) is 8.42 Å². The molecule has 0 radical (unpaired) electrons. The van der Waals surface area contributed by atoms with Gasteiger partial charge in [0.2, 0.25) is 0 Å². The molecule has 120 valence electrons. The molecule has 2 unspecified atom stereocenters. The first-order valence-corrected chi connectivity index (χ1v) is 9.73. The van der Waals surface area contributed by atoms with Gasteiger partial charge in [0, 0.05) is 31.4 Å². The Labute approximate surface area is 125 Å². The van der Waals surface area contributed by atoms with Gasteiger partial charge in [-0.15, -0.1) is 0 Å². The van der Waals surface area contributed by atoms with Crippen molar-refractivity contribution in [2.75, 3.05) is 25.9 Å². The molecule has 2 atom stereocenters. The lowest BCUT2D eigenvalue weighted by molar-refractivity contribution is 0.0746. The molecule has 1 saturated carbocycles. The summed E-state index contributed by atoms with van der Waals surface area (Å²) in [5, 5.41) is -0.308. The summed E-state index contributed by atoms with van der Waals surface area (Å²) in [6, 6.07) is 0. The number of hydrogen-bond acceptors (Lipinski definition) is 4. The Morgan fingerprint density at radius 3 is 2.05 bits per heavy atom. The molecule has 20 heavy (non-hydrogen) atoms. The topological polar surface area (TPSA) is 63.4 Å². The Morgan fingerprint density at radius 2 is 1.70 bits per heavy atom. The highest BCUT2D eigenvalue weighted by atomic mass is 32.2. The van der Waals surface area contributed by atoms with Gasteiger partial charge in [0.1, 0.15) is 0 Å². The largest absolute Gasteiger partial charge is 0.329 e. The van der Waals surface area contributed by atoms with E-state index in [0.29, 0.717) is 18.4 Å². The standard InChI is InChI=1S/C15H32N2O2S/c1-12(2)9-17(10-13(3)4)15(11-16)8-6-7-14(15)20(5,18)19/h12-14H,6-11,16H2,1-5H3. The molecular formula is C15H32N2O2S. The number of rotatable bonds is 7. The van der Waals surface area contributed by atoms with Crippen LogP contribution in [0.25, 0.3) is 0 Å². The van der Waals surface area contributed by atoms with Crippen LogP contribution in [0.4, 0.5) is 0 Å². The molecule has 1 aliphatic rings. The van der Waals surface area contributed by atoms with Crippen molar-refractivity contribution in [3.05, 3.63) is 0 Å². The second-order valence-corrected chi connectivity index (χ2v) is 9.44. The maximum Gasteiger partial charge on any atom is 0.152 e. The summed E-state index contributed by atoms with van der Waals surface area (Å²) in [6.07, 6.45) is 3.99. The van der Waals surface area contributed by atoms with Crippen molar-refractivity contribution in [3.63, 3.8) is 0 Å². The van der Waals surface area contributed by atoms with Crippen molar-refractivity contribution >= 4 is 9.84 Å². The van der Waals surface area contributed by atoms with Crippen molar-refractivity contribution in [1.82, 2.24) is 4.90 Å². The molecule has 0 amide bonds. The summed E-state index contributed by atoms with van der Waals surface area (Å²) >= 11 is 0. The van der Waals surface area contributed by atoms with E-state index in [1.807, 2.05) is 0 Å². The van der Waals surface area contributed by atoms with Crippen LogP contribution in [0.1, 0.15) is 47.0 Å². The van der Waals surface area contributed by atoms with Crippen molar-refractivity contribution in [2.24, 2.45) is 17.6 Å². The summed E-state index contributed by atoms with van der Waals surface area (Å²) in [4.78, 5) is 2.38. The number of hydrogen-bond donors (Lipinski definition) is 1. The maximum absolute atomic E-state index is 12.2. The van der Waals surface area contributed by atoms with E-state index in [0.717, 1.165) is 32.4 Å². The van der Waals surface area contributed by atoms with Crippen LogP contribution in [0.2, 0.25) is 0 Å². The molecule has 0 heterocycles. The van der Waals surface area contributed by atoms with Gasteiger partial charge in [-0.3, -0.25) is 4.90 Å². The third-order valence-electron chi connectivity index (χ3n) is 4.35. The Hall–Kier alpha value is -0.130. The van der Waals surface area contributed by atoms with Gasteiger partial charge in [-0.1, -0.05) is 34.1 Å². The lowest BCUT2D eigenvalue weighted by Gasteiger charge is -2.46. The predicted octanol–water partition coefficient (Wildman–Crippen LogP) is 1.90. The Kier molecular flexibility index (Phi) is 6.05. The highest BCUT2D eigenvalue weighted by molar-refractivity contribution is 7.91. The predicted molar refractivity (Wildman–Crippen MR) is 85.5 cm³/mol. The van der Waals surface area contributed by atoms with E-state index < -0.39 is 9.84 Å². The zero-order chi connectivity index (χ0) is 15.6. The molecule has 0 bridgehead atoms. The van der Waals surface area contributed by atoms with Crippen LogP contribution >= 0.6 is 0 Å². The summed E-state index contributed by atoms with van der Waals surface area (Å²) in [6.45, 7) is 11.0. The average Bonchev–Trinajstić information content (AvgIpc) is 2.71. The van der Waals surface area contributed by atoms with Crippen molar-refractivity contribution in [2.45, 2.75) is 57.7 Å². The van der Waals surface area contributed by atoms with E-state index >= 15 is 0 Å². The van der Waals surface area contributed by atoms with Gasteiger partial charge in [0.15, 0.2) is 9.84 Å². The third kappa shape index (κ3) is 3.95. The molecule has 0 saturated heterocycles. The molecule has 2 N–H and O–H groups in total. The van der Waals surface area contributed by atoms with Crippen molar-refractivity contribution in [1.29, 1.82) is 0 Å². The smallest absolute Gasteiger partial charge is 0.152 e. The van der Waals surface area contributed by atoms with E-state index in [9.17, 15) is 8.42 Å². The van der Waals surface area contributed by atoms with Gasteiger partial charge < -0.3 is 5.73 Å². The van der Waals surface area contributed by atoms with E-state index in [-0.39, 0.29) is 10.8 Å². The van der Waals surface area contributed by atoms with E-state index in [1.165, 1.54) is 6.26 Å². The molecular weight excluding hydrogens is 272 g/mol. The second-order valence-electron chi connectivity index (χ2n) is 7.21. The fourth-order valence-electron chi connectivity index (χ4n) is 3.68. The first-order chi connectivity index (χ1) is 9.13. The zero-order valence-electron chi connectivity index (χ0n) is 13.7. The highest BCUT2D eigenvalue weighted by Crippen LogP contribution is 2.39. The molecule has 5 heteroatoms. The molecule has 1 aliphatic carbocycles. The quantitative estimate of drug-likeness (QED) is 0.780. The van der Waals surface area contributed by atoms with Crippen LogP contribution < -0.4 is 5.73 Å². The fourth-order valence-corrected chi connectivity index (χ4v) is 5.43. The molecule has 0 spiro atoms. The summed E-state index contributed by atoms with van der Waals surface area (Å²) in [7, 11) is -3.06. The van der Waals surface area contributed by atoms with Crippen LogP contribution in [0, 0.1) is 11.8 Å². The number of sulfone groups is 1. The van der Waals surface area contributed by atoms with Crippen LogP contribution in [-0.4, -0.2) is 50.0 Å². The van der Waals surface area contributed by atoms with Crippen molar-refractivity contribution in [3.8, 4) is 0 Å². The molecule has 4 nitrogen and oxygen atoms in total. The maximum atomic E-state index is 12.2. The molecule has 0 aromatic carbocycles. The average molecular weight is 304 g/mol. The van der Waals surface area contributed by atoms with Crippen LogP contribution in [0.3, 0.4) is 0 Å². The lowest BCUT2D eigenvalue weighted by atomic mass is 9.92. The second kappa shape index (κ2) is 6.75. The summed E-state index contributed by atoms with van der Waals surface area (Å²) < 4.78 is 24.4. The summed E-state index contributed by atoms with van der Waals surface area (Å²) in [5.41, 5.74) is 5.74. The van der Waals surface area contributed by atoms with Gasteiger partial charge in [0.25, 0.3) is 0 Å². The molecule has 0 aliphatic heterocycles. The van der Waals surface area contributed by atoms with Gasteiger partial charge in [0.05, 0.1) is 5.25 Å². The number of nitrogens with zero attached hydrogens (tertiary/aromatic N) is 1. The first-order valence-electron chi connectivity index (χ1n) is 7.77. The van der Waals surface area contributed by atoms with E-state index in [1.54, 1.807) is 0 Å². The molecule has 0 aromatic rings. The van der Waals surface area contributed by atoms with Crippen LogP contribution in [-0.2, 0) is 9.84 Å². The lowest BCUT2D eigenvalue weighted by Crippen LogP contribution is -2.62. The Morgan fingerprint density at radius 1 is 1.20 bits per heavy atom. The van der Waals surface area contributed by atoms with Gasteiger partial charge in [-0.2, -0.15) is 0 Å². The van der Waals surface area contributed by atoms with Gasteiger partial charge >= 0.3 is 0 Å². The van der Waals surface area contributed by atoms with Crippen molar-refractivity contribution < 1.29 is 8.42 Å². The van der Waals surface area contributed by atoms with Crippen LogP contribution in [0.15, 0.2) is 0 Å². The Balaban J connectivity index is 3.15. The summed E-state index contributed by atoms with van der Waals surface area (Å²) in [5.74, 6) is 1.02. The van der Waals surface area contributed by atoms with Crippen LogP contribution in [0.5, 0.6) is 0 Å². The molecule has 1 rings (SSSR count). The number of nitrogens with two attached hydrogens (primary N) is 1. The minimum atomic E-state index is -3.06. The fraction of sp³-hybridized carbons (Fsp3) is 1.00. The SMILES string of the molecule is CC(C)CN(CC(C)C)C1(CN)CCCC1S(C)(=O)=O. The van der Waals surface area contributed by atoms with E-state index in [2.05, 4.69) is 32.6 Å².